The maximum absolute atomic E-state index is 5.61. The molecule has 0 aliphatic heterocycles. The first-order valence-electron chi connectivity index (χ1n) is 9.06. The van der Waals surface area contributed by atoms with Gasteiger partial charge in [0.15, 0.2) is 16.6 Å². The van der Waals surface area contributed by atoms with E-state index in [9.17, 15) is 0 Å². The lowest BCUT2D eigenvalue weighted by Gasteiger charge is -2.33. The van der Waals surface area contributed by atoms with E-state index < -0.39 is 0 Å². The third-order valence-corrected chi connectivity index (χ3v) is 5.28. The van der Waals surface area contributed by atoms with Crippen LogP contribution in [0, 0.1) is 0 Å². The predicted molar refractivity (Wildman–Crippen MR) is 112 cm³/mol. The number of hydrogen-bond donors (Lipinski definition) is 2. The molecular formula is C21H26N2O3S. The topological polar surface area (TPSA) is 51.8 Å². The van der Waals surface area contributed by atoms with Crippen molar-refractivity contribution >= 4 is 23.0 Å². The summed E-state index contributed by atoms with van der Waals surface area (Å²) in [5.41, 5.74) is 1.85. The highest BCUT2D eigenvalue weighted by atomic mass is 32.1. The van der Waals surface area contributed by atoms with Gasteiger partial charge >= 0.3 is 0 Å². The smallest absolute Gasteiger partial charge is 0.171 e. The number of methoxy groups -OCH3 is 3. The van der Waals surface area contributed by atoms with Crippen LogP contribution in [0.1, 0.15) is 31.2 Å². The fraction of sp³-hybridized carbons (Fsp3) is 0.381. The Labute approximate surface area is 166 Å². The number of hydrogen-bond acceptors (Lipinski definition) is 4. The van der Waals surface area contributed by atoms with E-state index in [1.807, 2.05) is 36.4 Å². The summed E-state index contributed by atoms with van der Waals surface area (Å²) in [5, 5.41) is 7.44. The third kappa shape index (κ3) is 4.27. The van der Waals surface area contributed by atoms with Crippen LogP contribution in [0.4, 0.5) is 5.69 Å². The lowest BCUT2D eigenvalue weighted by Crippen LogP contribution is -2.45. The van der Waals surface area contributed by atoms with Crippen LogP contribution in [0.25, 0.3) is 0 Å². The molecule has 1 aliphatic carbocycles. The molecule has 0 atom stereocenters. The zero-order valence-electron chi connectivity index (χ0n) is 16.0. The van der Waals surface area contributed by atoms with Crippen LogP contribution < -0.4 is 24.8 Å². The van der Waals surface area contributed by atoms with Crippen molar-refractivity contribution in [1.29, 1.82) is 0 Å². The Morgan fingerprint density at radius 2 is 1.67 bits per heavy atom. The molecule has 0 aromatic heterocycles. The number of rotatable bonds is 6. The second kappa shape index (κ2) is 8.48. The van der Waals surface area contributed by atoms with Crippen molar-refractivity contribution in [2.75, 3.05) is 26.6 Å². The van der Waals surface area contributed by atoms with Crippen molar-refractivity contribution in [2.45, 2.75) is 31.2 Å². The Morgan fingerprint density at radius 3 is 2.33 bits per heavy atom. The van der Waals surface area contributed by atoms with Crippen LogP contribution >= 0.6 is 12.2 Å². The Hall–Kier alpha value is -2.47. The quantitative estimate of drug-likeness (QED) is 0.715. The number of thiocarbonyl (C=S) groups is 1. The van der Waals surface area contributed by atoms with Crippen LogP contribution in [0.5, 0.6) is 17.2 Å². The minimum absolute atomic E-state index is 0.206. The summed E-state index contributed by atoms with van der Waals surface area (Å²) in [6, 6.07) is 13.8. The number of ether oxygens (including phenoxy) is 3. The van der Waals surface area contributed by atoms with E-state index in [1.54, 1.807) is 21.3 Å². The van der Waals surface area contributed by atoms with Gasteiger partial charge < -0.3 is 24.8 Å². The highest BCUT2D eigenvalue weighted by Gasteiger charge is 2.37. The summed E-state index contributed by atoms with van der Waals surface area (Å²) in [5.74, 6) is 2.25. The maximum atomic E-state index is 5.61. The zero-order chi connectivity index (χ0) is 19.3. The summed E-state index contributed by atoms with van der Waals surface area (Å²) in [6.45, 7) is 0. The van der Waals surface area contributed by atoms with E-state index in [0.29, 0.717) is 5.11 Å². The van der Waals surface area contributed by atoms with E-state index in [1.165, 1.54) is 0 Å². The summed E-state index contributed by atoms with van der Waals surface area (Å²) >= 11 is 5.61. The molecule has 2 N–H and O–H groups in total. The molecule has 0 radical (unpaired) electrons. The van der Waals surface area contributed by atoms with Crippen molar-refractivity contribution in [2.24, 2.45) is 0 Å². The molecule has 2 aromatic carbocycles. The van der Waals surface area contributed by atoms with Crippen molar-refractivity contribution in [1.82, 2.24) is 5.32 Å². The molecular weight excluding hydrogens is 360 g/mol. The maximum Gasteiger partial charge on any atom is 0.171 e. The molecule has 1 fully saturated rings. The van der Waals surface area contributed by atoms with Gasteiger partial charge in [0.05, 0.1) is 26.9 Å². The van der Waals surface area contributed by atoms with E-state index in [0.717, 1.165) is 54.2 Å². The fourth-order valence-corrected chi connectivity index (χ4v) is 3.99. The van der Waals surface area contributed by atoms with E-state index in [2.05, 4.69) is 16.7 Å². The molecule has 27 heavy (non-hydrogen) atoms. The Bertz CT molecular complexity index is 804. The highest BCUT2D eigenvalue weighted by molar-refractivity contribution is 7.80. The number of benzene rings is 2. The van der Waals surface area contributed by atoms with Crippen molar-refractivity contribution in [3.63, 3.8) is 0 Å². The van der Waals surface area contributed by atoms with Crippen molar-refractivity contribution < 1.29 is 14.2 Å². The van der Waals surface area contributed by atoms with Crippen LogP contribution in [-0.2, 0) is 5.54 Å². The molecule has 0 saturated heterocycles. The van der Waals surface area contributed by atoms with Gasteiger partial charge in [0, 0.05) is 11.8 Å². The molecule has 144 valence electrons. The summed E-state index contributed by atoms with van der Waals surface area (Å²) in [7, 11) is 4.96. The minimum Gasteiger partial charge on any atom is -0.497 e. The highest BCUT2D eigenvalue weighted by Crippen LogP contribution is 2.41. The van der Waals surface area contributed by atoms with Gasteiger partial charge in [-0.2, -0.15) is 0 Å². The first kappa shape index (κ1) is 19.3. The second-order valence-corrected chi connectivity index (χ2v) is 7.08. The first-order chi connectivity index (χ1) is 13.1. The van der Waals surface area contributed by atoms with Gasteiger partial charge in [-0.1, -0.05) is 25.0 Å². The van der Waals surface area contributed by atoms with E-state index in [-0.39, 0.29) is 5.54 Å². The van der Waals surface area contributed by atoms with Crippen molar-refractivity contribution in [3.05, 3.63) is 48.0 Å². The van der Waals surface area contributed by atoms with Gasteiger partial charge in [0.25, 0.3) is 0 Å². The van der Waals surface area contributed by atoms with Gasteiger partial charge in [-0.15, -0.1) is 0 Å². The average Bonchev–Trinajstić information content (AvgIpc) is 3.16. The van der Waals surface area contributed by atoms with Crippen LogP contribution in [-0.4, -0.2) is 26.4 Å². The molecule has 0 spiro atoms. The van der Waals surface area contributed by atoms with Crippen LogP contribution in [0.15, 0.2) is 42.5 Å². The summed E-state index contributed by atoms with van der Waals surface area (Å²) in [6.07, 6.45) is 4.34. The molecule has 5 nitrogen and oxygen atoms in total. The monoisotopic (exact) mass is 386 g/mol. The largest absolute Gasteiger partial charge is 0.497 e. The molecule has 0 amide bonds. The standard InChI is InChI=1S/C21H26N2O3S/c1-24-17-8-6-7-16(14-17)22-20(27)23-21(11-4-5-12-21)15-9-10-18(25-2)19(13-15)26-3/h6-10,13-14H,4-5,11-12H2,1-3H3,(H2,22,23,27). The molecule has 0 bridgehead atoms. The Kier molecular flexibility index (Phi) is 6.06. The van der Waals surface area contributed by atoms with Crippen LogP contribution in [0.3, 0.4) is 0 Å². The molecule has 0 heterocycles. The Morgan fingerprint density at radius 1 is 0.926 bits per heavy atom. The lowest BCUT2D eigenvalue weighted by atomic mass is 9.88. The van der Waals surface area contributed by atoms with E-state index in [4.69, 9.17) is 26.4 Å². The van der Waals surface area contributed by atoms with Gasteiger partial charge in [-0.3, -0.25) is 0 Å². The Balaban J connectivity index is 1.81. The zero-order valence-corrected chi connectivity index (χ0v) is 16.8. The summed E-state index contributed by atoms with van der Waals surface area (Å²) in [4.78, 5) is 0. The minimum atomic E-state index is -0.206. The molecule has 0 unspecified atom stereocenters. The van der Waals surface area contributed by atoms with Crippen LogP contribution in [0.2, 0.25) is 0 Å². The number of nitrogens with one attached hydrogen (secondary N) is 2. The predicted octanol–water partition coefficient (Wildman–Crippen LogP) is 4.47. The molecule has 1 saturated carbocycles. The molecule has 3 rings (SSSR count). The van der Waals surface area contributed by atoms with Gasteiger partial charge in [0.1, 0.15) is 5.75 Å². The molecule has 1 aliphatic rings. The number of anilines is 1. The van der Waals surface area contributed by atoms with E-state index >= 15 is 0 Å². The fourth-order valence-electron chi connectivity index (χ4n) is 3.68. The SMILES string of the molecule is COc1cccc(NC(=S)NC2(c3ccc(OC)c(OC)c3)CCCC2)c1. The lowest BCUT2D eigenvalue weighted by molar-refractivity contribution is 0.350. The first-order valence-corrected chi connectivity index (χ1v) is 9.47. The van der Waals surface area contributed by atoms with Gasteiger partial charge in [-0.25, -0.2) is 0 Å². The average molecular weight is 387 g/mol. The normalized spacial score (nSPS) is 15.1. The molecule has 6 heteroatoms. The molecule has 2 aromatic rings. The summed E-state index contributed by atoms with van der Waals surface area (Å²) < 4.78 is 16.1. The van der Waals surface area contributed by atoms with Gasteiger partial charge in [0.2, 0.25) is 0 Å². The van der Waals surface area contributed by atoms with Crippen molar-refractivity contribution in [3.8, 4) is 17.2 Å². The second-order valence-electron chi connectivity index (χ2n) is 6.67. The third-order valence-electron chi connectivity index (χ3n) is 5.07. The van der Waals surface area contributed by atoms with Gasteiger partial charge in [-0.05, 0) is 54.9 Å².